The first-order valence-electron chi connectivity index (χ1n) is 9.28. The lowest BCUT2D eigenvalue weighted by Crippen LogP contribution is -2.71. The molecule has 33 heavy (non-hydrogen) atoms. The number of halogens is 1. The summed E-state index contributed by atoms with van der Waals surface area (Å²) in [5, 5.41) is 14.9. The molecule has 1 fully saturated rings. The van der Waals surface area contributed by atoms with Crippen LogP contribution < -0.4 is 11.1 Å². The van der Waals surface area contributed by atoms with E-state index >= 15 is 0 Å². The molecular formula is C17H19ClN6O7S2. The molecule has 16 heteroatoms. The molecule has 4 N–H and O–H groups in total. The Hall–Kier alpha value is -2.91. The van der Waals surface area contributed by atoms with Gasteiger partial charge in [0.1, 0.15) is 22.7 Å². The summed E-state index contributed by atoms with van der Waals surface area (Å²) < 4.78 is 9.00. The van der Waals surface area contributed by atoms with Crippen LogP contribution in [0.1, 0.15) is 26.6 Å². The van der Waals surface area contributed by atoms with Gasteiger partial charge >= 0.3 is 11.9 Å². The number of ether oxygens (including phenoxy) is 1. The number of nitrogens with two attached hydrogens (primary N) is 1. The number of nitrogen functional groups attached to an aromatic ring is 1. The van der Waals surface area contributed by atoms with Crippen LogP contribution in [-0.2, 0) is 28.8 Å². The van der Waals surface area contributed by atoms with Gasteiger partial charge in [0.15, 0.2) is 5.13 Å². The Balaban J connectivity index is 1.73. The van der Waals surface area contributed by atoms with Crippen LogP contribution in [0.3, 0.4) is 0 Å². The number of thioether (sulfide) groups is 1. The number of nitrogens with zero attached hydrogens (tertiary/aromatic N) is 4. The van der Waals surface area contributed by atoms with Crippen molar-refractivity contribution < 1.29 is 33.9 Å². The average molecular weight is 519 g/mol. The van der Waals surface area contributed by atoms with Crippen LogP contribution in [0.15, 0.2) is 15.9 Å². The van der Waals surface area contributed by atoms with E-state index in [1.165, 1.54) is 11.8 Å². The molecule has 178 valence electrons. The zero-order valence-electron chi connectivity index (χ0n) is 17.5. The van der Waals surface area contributed by atoms with Gasteiger partial charge in [-0.05, 0) is 20.8 Å². The molecule has 0 radical (unpaired) electrons. The smallest absolute Gasteiger partial charge is 0.353 e. The maximum Gasteiger partial charge on any atom is 0.353 e. The number of fused-ring (bicyclic) bond motifs is 1. The van der Waals surface area contributed by atoms with E-state index in [-0.39, 0.29) is 27.4 Å². The summed E-state index contributed by atoms with van der Waals surface area (Å²) in [5.74, 6) is -3.61. The van der Waals surface area contributed by atoms with E-state index in [9.17, 15) is 24.3 Å². The molecule has 2 atom stereocenters. The minimum absolute atomic E-state index is 0.0295. The van der Waals surface area contributed by atoms with Crippen molar-refractivity contribution in [2.24, 2.45) is 5.16 Å². The van der Waals surface area contributed by atoms with Crippen LogP contribution in [-0.4, -0.2) is 78.2 Å². The number of amides is 2. The number of carboxylic acids is 1. The number of β-lactam (4-membered cyclic amide) rings is 1. The number of oxime groups is 1. The van der Waals surface area contributed by atoms with Crippen molar-refractivity contribution in [3.05, 3.63) is 16.6 Å². The Kier molecular flexibility index (Phi) is 7.14. The molecule has 0 aromatic carbocycles. The first-order valence-corrected chi connectivity index (χ1v) is 11.5. The van der Waals surface area contributed by atoms with Gasteiger partial charge in [-0.3, -0.25) is 14.5 Å². The highest BCUT2D eigenvalue weighted by Gasteiger charge is 2.54. The number of anilines is 1. The molecule has 1 aromatic rings. The molecule has 1 unspecified atom stereocenters. The Morgan fingerprint density at radius 2 is 2.09 bits per heavy atom. The van der Waals surface area contributed by atoms with Gasteiger partial charge in [-0.2, -0.15) is 9.36 Å². The monoisotopic (exact) mass is 518 g/mol. The number of hydrogen-bond donors (Lipinski definition) is 3. The third kappa shape index (κ3) is 5.54. The van der Waals surface area contributed by atoms with Gasteiger partial charge in [0.2, 0.25) is 18.1 Å². The van der Waals surface area contributed by atoms with E-state index in [0.717, 1.165) is 16.4 Å². The summed E-state index contributed by atoms with van der Waals surface area (Å²) in [5.41, 5.74) is 4.09. The van der Waals surface area contributed by atoms with Crippen LogP contribution in [0.5, 0.6) is 0 Å². The minimum Gasteiger partial charge on any atom is -0.477 e. The lowest BCUT2D eigenvalue weighted by atomic mass is 10.0. The van der Waals surface area contributed by atoms with Crippen molar-refractivity contribution in [2.45, 2.75) is 37.8 Å². The molecule has 1 aromatic heterocycles. The summed E-state index contributed by atoms with van der Waals surface area (Å²) >= 11 is 7.93. The standard InChI is InChI=1S/C17H19ClN6O7S2/c1-17(2,3)31-7(25)4-30-22-8(11-21-16(19)33-23-11)12(26)20-9-13(27)24-10(15(28)29)6(18)5-32-14(9)24/h9,14H,4-5H2,1-3H3,(H,20,26)(H,28,29)(H2,19,21,23)/t9?,14-/m1/s1. The van der Waals surface area contributed by atoms with Crippen molar-refractivity contribution in [2.75, 3.05) is 18.1 Å². The third-order valence-electron chi connectivity index (χ3n) is 4.04. The highest BCUT2D eigenvalue weighted by Crippen LogP contribution is 2.41. The van der Waals surface area contributed by atoms with E-state index < -0.39 is 53.1 Å². The molecule has 0 saturated carbocycles. The zero-order valence-corrected chi connectivity index (χ0v) is 19.9. The molecule has 0 bridgehead atoms. The predicted molar refractivity (Wildman–Crippen MR) is 118 cm³/mol. The highest BCUT2D eigenvalue weighted by atomic mass is 35.5. The maximum absolute atomic E-state index is 12.9. The summed E-state index contributed by atoms with van der Waals surface area (Å²) in [6, 6.07) is -1.05. The molecule has 2 aliphatic rings. The van der Waals surface area contributed by atoms with E-state index in [1.54, 1.807) is 20.8 Å². The molecule has 13 nitrogen and oxygen atoms in total. The zero-order chi connectivity index (χ0) is 24.5. The Bertz CT molecular complexity index is 1070. The third-order valence-corrected chi connectivity index (χ3v) is 6.33. The minimum atomic E-state index is -1.34. The van der Waals surface area contributed by atoms with E-state index in [1.807, 2.05) is 0 Å². The van der Waals surface area contributed by atoms with Crippen LogP contribution in [0.25, 0.3) is 0 Å². The summed E-state index contributed by atoms with van der Waals surface area (Å²) in [4.78, 5) is 58.5. The Morgan fingerprint density at radius 3 is 2.67 bits per heavy atom. The number of aliphatic carboxylic acids is 1. The van der Waals surface area contributed by atoms with Crippen LogP contribution in [0, 0.1) is 0 Å². The van der Waals surface area contributed by atoms with Gasteiger partial charge in [-0.25, -0.2) is 9.59 Å². The average Bonchev–Trinajstić information content (AvgIpc) is 3.13. The van der Waals surface area contributed by atoms with Crippen LogP contribution >= 0.6 is 34.9 Å². The van der Waals surface area contributed by atoms with Crippen LogP contribution in [0.2, 0.25) is 0 Å². The fraction of sp³-hybridized carbons (Fsp3) is 0.471. The van der Waals surface area contributed by atoms with Gasteiger partial charge in [-0.15, -0.1) is 11.8 Å². The number of carbonyl (C=O) groups excluding carboxylic acids is 3. The van der Waals surface area contributed by atoms with Gasteiger partial charge in [0.05, 0.1) is 5.03 Å². The van der Waals surface area contributed by atoms with Gasteiger partial charge in [0, 0.05) is 17.3 Å². The van der Waals surface area contributed by atoms with Gasteiger partial charge < -0.3 is 25.7 Å². The molecule has 3 heterocycles. The Labute approximate surface area is 200 Å². The van der Waals surface area contributed by atoms with E-state index in [2.05, 4.69) is 19.8 Å². The lowest BCUT2D eigenvalue weighted by molar-refractivity contribution is -0.160. The second kappa shape index (κ2) is 9.52. The van der Waals surface area contributed by atoms with Crippen molar-refractivity contribution in [3.63, 3.8) is 0 Å². The molecule has 0 aliphatic carbocycles. The second-order valence-corrected chi connectivity index (χ2v) is 10.0. The molecule has 3 rings (SSSR count). The largest absolute Gasteiger partial charge is 0.477 e. The quantitative estimate of drug-likeness (QED) is 0.192. The van der Waals surface area contributed by atoms with E-state index in [4.69, 9.17) is 26.9 Å². The number of hydrogen-bond acceptors (Lipinski definition) is 12. The fourth-order valence-corrected chi connectivity index (χ4v) is 4.81. The number of rotatable bonds is 7. The van der Waals surface area contributed by atoms with Crippen molar-refractivity contribution in [1.82, 2.24) is 19.6 Å². The number of carbonyl (C=O) groups is 4. The normalized spacial score (nSPS) is 20.7. The summed E-state index contributed by atoms with van der Waals surface area (Å²) in [6.07, 6.45) is 0. The predicted octanol–water partition coefficient (Wildman–Crippen LogP) is 0.118. The second-order valence-electron chi connectivity index (χ2n) is 7.68. The molecule has 2 amide bonds. The lowest BCUT2D eigenvalue weighted by Gasteiger charge is -2.48. The SMILES string of the molecule is CC(C)(C)OC(=O)CON=C(C(=O)NC1C(=O)N2C(C(=O)O)=C(Cl)CS[C@H]12)c1nsc(N)n1. The van der Waals surface area contributed by atoms with Crippen molar-refractivity contribution in [1.29, 1.82) is 0 Å². The number of aromatic nitrogens is 2. The summed E-state index contributed by atoms with van der Waals surface area (Å²) in [7, 11) is 0. The number of nitrogens with one attached hydrogen (secondary N) is 1. The van der Waals surface area contributed by atoms with Crippen molar-refractivity contribution in [3.8, 4) is 0 Å². The number of carboxylic acid groups (broad SMARTS) is 1. The van der Waals surface area contributed by atoms with Gasteiger partial charge in [-0.1, -0.05) is 16.8 Å². The molecule has 1 saturated heterocycles. The first kappa shape index (κ1) is 24.7. The molecule has 0 spiro atoms. The maximum atomic E-state index is 12.9. The van der Waals surface area contributed by atoms with Gasteiger partial charge in [0.25, 0.3) is 11.8 Å². The molecule has 2 aliphatic heterocycles. The number of esters is 1. The van der Waals surface area contributed by atoms with Crippen molar-refractivity contribution >= 4 is 69.5 Å². The topological polar surface area (TPSA) is 186 Å². The first-order chi connectivity index (χ1) is 15.4. The fourth-order valence-electron chi connectivity index (χ4n) is 2.83. The summed E-state index contributed by atoms with van der Waals surface area (Å²) in [6.45, 7) is 4.44. The Morgan fingerprint density at radius 1 is 1.39 bits per heavy atom. The van der Waals surface area contributed by atoms with Crippen LogP contribution in [0.4, 0.5) is 5.13 Å². The highest BCUT2D eigenvalue weighted by molar-refractivity contribution is 8.00. The van der Waals surface area contributed by atoms with E-state index in [0.29, 0.717) is 0 Å². The molecular weight excluding hydrogens is 500 g/mol.